The Balaban J connectivity index is 2.18. The zero-order chi connectivity index (χ0) is 13.1. The maximum absolute atomic E-state index is 6.06. The molecule has 0 saturated carbocycles. The highest BCUT2D eigenvalue weighted by Gasteiger charge is 2.08. The molecule has 0 fully saturated rings. The molecule has 2 rings (SSSR count). The van der Waals surface area contributed by atoms with Gasteiger partial charge in [0.15, 0.2) is 5.82 Å². The number of nitrogens with zero attached hydrogens (tertiary/aromatic N) is 2. The van der Waals surface area contributed by atoms with Crippen molar-refractivity contribution in [3.63, 3.8) is 0 Å². The maximum Gasteiger partial charge on any atom is 0.224 e. The van der Waals surface area contributed by atoms with Gasteiger partial charge in [-0.1, -0.05) is 29.8 Å². The van der Waals surface area contributed by atoms with Crippen molar-refractivity contribution >= 4 is 34.7 Å². The number of nitrogens with one attached hydrogen (secondary N) is 1. The zero-order valence-corrected chi connectivity index (χ0v) is 11.3. The zero-order valence-electron chi connectivity index (χ0n) is 9.74. The summed E-state index contributed by atoms with van der Waals surface area (Å²) in [5.74, 6) is 0.521. The van der Waals surface area contributed by atoms with Gasteiger partial charge in [-0.2, -0.15) is 4.98 Å². The van der Waals surface area contributed by atoms with Gasteiger partial charge in [-0.3, -0.25) is 0 Å². The third kappa shape index (κ3) is 2.83. The molecule has 94 valence electrons. The summed E-state index contributed by atoms with van der Waals surface area (Å²) in [5, 5.41) is 3.97. The summed E-state index contributed by atoms with van der Waals surface area (Å²) in [6, 6.07) is 7.57. The molecule has 0 spiro atoms. The van der Waals surface area contributed by atoms with Crippen molar-refractivity contribution in [2.24, 2.45) is 0 Å². The van der Waals surface area contributed by atoms with E-state index in [1.165, 1.54) is 0 Å². The van der Waals surface area contributed by atoms with Crippen molar-refractivity contribution in [3.8, 4) is 0 Å². The highest BCUT2D eigenvalue weighted by molar-refractivity contribution is 6.31. The summed E-state index contributed by atoms with van der Waals surface area (Å²) in [6.45, 7) is 2.31. The van der Waals surface area contributed by atoms with E-state index in [4.69, 9.17) is 28.9 Å². The Hall–Kier alpha value is -1.52. The minimum atomic E-state index is 0.170. The Labute approximate surface area is 115 Å². The van der Waals surface area contributed by atoms with Crippen LogP contribution in [-0.4, -0.2) is 9.97 Å². The number of hydrogen-bond acceptors (Lipinski definition) is 4. The lowest BCUT2D eigenvalue weighted by molar-refractivity contribution is 1.06. The Bertz CT molecular complexity index is 572. The summed E-state index contributed by atoms with van der Waals surface area (Å²) in [6.07, 6.45) is 0. The van der Waals surface area contributed by atoms with Crippen LogP contribution in [0, 0.1) is 6.92 Å². The van der Waals surface area contributed by atoms with Crippen LogP contribution in [0.4, 0.5) is 11.5 Å². The van der Waals surface area contributed by atoms with E-state index in [9.17, 15) is 0 Å². The van der Waals surface area contributed by atoms with Crippen LogP contribution in [0.2, 0.25) is 10.3 Å². The van der Waals surface area contributed by atoms with E-state index < -0.39 is 0 Å². The first-order valence-corrected chi connectivity index (χ1v) is 6.10. The highest BCUT2D eigenvalue weighted by atomic mass is 35.5. The van der Waals surface area contributed by atoms with Crippen molar-refractivity contribution in [1.29, 1.82) is 0 Å². The molecule has 0 saturated heterocycles. The molecule has 0 unspecified atom stereocenters. The molecular formula is C12H12Cl2N4. The van der Waals surface area contributed by atoms with Crippen molar-refractivity contribution in [1.82, 2.24) is 9.97 Å². The van der Waals surface area contributed by atoms with E-state index >= 15 is 0 Å². The van der Waals surface area contributed by atoms with Crippen LogP contribution in [0.1, 0.15) is 11.3 Å². The second-order valence-electron chi connectivity index (χ2n) is 3.79. The van der Waals surface area contributed by atoms with Gasteiger partial charge in [0.2, 0.25) is 5.28 Å². The topological polar surface area (TPSA) is 63.8 Å². The number of halogens is 2. The Kier molecular flexibility index (Phi) is 3.89. The molecule has 18 heavy (non-hydrogen) atoms. The van der Waals surface area contributed by atoms with Gasteiger partial charge in [0.05, 0.1) is 11.4 Å². The standard InChI is InChI=1S/C12H12Cl2N4/c1-7-10(15)11(18-12(14)17-7)16-6-8-4-2-3-5-9(8)13/h2-5H,6,15H2,1H3,(H,16,17,18). The molecule has 6 heteroatoms. The van der Waals surface area contributed by atoms with Crippen LogP contribution in [0.25, 0.3) is 0 Å². The molecule has 2 aromatic rings. The Morgan fingerprint density at radius 1 is 1.22 bits per heavy atom. The minimum absolute atomic E-state index is 0.170. The molecular weight excluding hydrogens is 271 g/mol. The summed E-state index contributed by atoms with van der Waals surface area (Å²) in [4.78, 5) is 8.02. The van der Waals surface area contributed by atoms with Crippen molar-refractivity contribution in [2.45, 2.75) is 13.5 Å². The predicted molar refractivity (Wildman–Crippen MR) is 75.0 cm³/mol. The lowest BCUT2D eigenvalue weighted by Gasteiger charge is -2.10. The van der Waals surface area contributed by atoms with Gasteiger partial charge in [-0.05, 0) is 30.2 Å². The predicted octanol–water partition coefficient (Wildman–Crippen LogP) is 3.29. The molecule has 0 atom stereocenters. The fourth-order valence-electron chi connectivity index (χ4n) is 1.50. The molecule has 1 aromatic heterocycles. The molecule has 1 heterocycles. The van der Waals surface area contributed by atoms with Gasteiger partial charge in [0.25, 0.3) is 0 Å². The number of benzene rings is 1. The quantitative estimate of drug-likeness (QED) is 0.848. The molecule has 3 N–H and O–H groups in total. The number of hydrogen-bond donors (Lipinski definition) is 2. The first-order valence-electron chi connectivity index (χ1n) is 5.35. The van der Waals surface area contributed by atoms with E-state index in [0.29, 0.717) is 28.8 Å². The Morgan fingerprint density at radius 2 is 1.94 bits per heavy atom. The summed E-state index contributed by atoms with van der Waals surface area (Å²) >= 11 is 11.9. The number of rotatable bonds is 3. The number of nitrogens with two attached hydrogens (primary N) is 1. The highest BCUT2D eigenvalue weighted by Crippen LogP contribution is 2.22. The monoisotopic (exact) mass is 282 g/mol. The van der Waals surface area contributed by atoms with Gasteiger partial charge in [-0.25, -0.2) is 4.98 Å². The van der Waals surface area contributed by atoms with Crippen LogP contribution in [-0.2, 0) is 6.54 Å². The van der Waals surface area contributed by atoms with Crippen LogP contribution in [0.3, 0.4) is 0 Å². The number of aromatic nitrogens is 2. The van der Waals surface area contributed by atoms with E-state index in [1.807, 2.05) is 24.3 Å². The van der Waals surface area contributed by atoms with Crippen LogP contribution in [0.15, 0.2) is 24.3 Å². The van der Waals surface area contributed by atoms with Crippen LogP contribution < -0.4 is 11.1 Å². The first-order chi connectivity index (χ1) is 8.58. The van der Waals surface area contributed by atoms with E-state index in [-0.39, 0.29) is 5.28 Å². The molecule has 4 nitrogen and oxygen atoms in total. The van der Waals surface area contributed by atoms with Gasteiger partial charge in [-0.15, -0.1) is 0 Å². The van der Waals surface area contributed by atoms with E-state index in [1.54, 1.807) is 6.92 Å². The SMILES string of the molecule is Cc1nc(Cl)nc(NCc2ccccc2Cl)c1N. The van der Waals surface area contributed by atoms with Gasteiger partial charge >= 0.3 is 0 Å². The van der Waals surface area contributed by atoms with Gasteiger partial charge in [0, 0.05) is 11.6 Å². The second kappa shape index (κ2) is 5.42. The second-order valence-corrected chi connectivity index (χ2v) is 4.53. The van der Waals surface area contributed by atoms with Crippen molar-refractivity contribution in [2.75, 3.05) is 11.1 Å². The molecule has 0 bridgehead atoms. The fraction of sp³-hybridized carbons (Fsp3) is 0.167. The molecule has 1 aromatic carbocycles. The molecule has 0 amide bonds. The van der Waals surface area contributed by atoms with Gasteiger partial charge < -0.3 is 11.1 Å². The molecule has 0 aliphatic rings. The number of anilines is 2. The Morgan fingerprint density at radius 3 is 2.67 bits per heavy atom. The van der Waals surface area contributed by atoms with E-state index in [0.717, 1.165) is 5.56 Å². The molecule has 0 aliphatic carbocycles. The van der Waals surface area contributed by atoms with Crippen molar-refractivity contribution < 1.29 is 0 Å². The van der Waals surface area contributed by atoms with Crippen molar-refractivity contribution in [3.05, 3.63) is 45.8 Å². The average molecular weight is 283 g/mol. The molecule has 0 aliphatic heterocycles. The van der Waals surface area contributed by atoms with E-state index in [2.05, 4.69) is 15.3 Å². The smallest absolute Gasteiger partial charge is 0.224 e. The first kappa shape index (κ1) is 12.9. The average Bonchev–Trinajstić information content (AvgIpc) is 2.33. The normalized spacial score (nSPS) is 10.4. The summed E-state index contributed by atoms with van der Waals surface area (Å²) in [5.41, 5.74) is 7.98. The third-order valence-electron chi connectivity index (χ3n) is 2.51. The fourth-order valence-corrected chi connectivity index (χ4v) is 1.92. The number of aryl methyl sites for hydroxylation is 1. The van der Waals surface area contributed by atoms with Crippen LogP contribution >= 0.6 is 23.2 Å². The maximum atomic E-state index is 6.06. The largest absolute Gasteiger partial charge is 0.394 e. The summed E-state index contributed by atoms with van der Waals surface area (Å²) in [7, 11) is 0. The third-order valence-corrected chi connectivity index (χ3v) is 3.05. The minimum Gasteiger partial charge on any atom is -0.394 e. The lowest BCUT2D eigenvalue weighted by Crippen LogP contribution is -2.07. The number of nitrogen functional groups attached to an aromatic ring is 1. The summed E-state index contributed by atoms with van der Waals surface area (Å²) < 4.78 is 0. The lowest BCUT2D eigenvalue weighted by atomic mass is 10.2. The van der Waals surface area contributed by atoms with Gasteiger partial charge in [0.1, 0.15) is 0 Å². The molecule has 0 radical (unpaired) electrons. The van der Waals surface area contributed by atoms with Crippen LogP contribution in [0.5, 0.6) is 0 Å².